The van der Waals surface area contributed by atoms with E-state index in [1.165, 1.54) is 37.1 Å². The summed E-state index contributed by atoms with van der Waals surface area (Å²) in [5.74, 6) is 0. The Labute approximate surface area is 114 Å². The van der Waals surface area contributed by atoms with Gasteiger partial charge < -0.3 is 11.1 Å². The normalized spacial score (nSPS) is 20.8. The second-order valence-electron chi connectivity index (χ2n) is 5.69. The van der Waals surface area contributed by atoms with Gasteiger partial charge >= 0.3 is 0 Å². The lowest BCUT2D eigenvalue weighted by atomic mass is 9.74. The van der Waals surface area contributed by atoms with Crippen LogP contribution >= 0.6 is 11.3 Å². The van der Waals surface area contributed by atoms with E-state index in [4.69, 9.17) is 5.73 Å². The van der Waals surface area contributed by atoms with Gasteiger partial charge in [0.25, 0.3) is 0 Å². The van der Waals surface area contributed by atoms with Gasteiger partial charge in [0.05, 0.1) is 6.04 Å². The van der Waals surface area contributed by atoms with Crippen LogP contribution in [0.4, 0.5) is 0 Å². The molecule has 102 valence electrons. The number of rotatable bonds is 5. The Bertz CT molecular complexity index is 369. The zero-order valence-electron chi connectivity index (χ0n) is 11.5. The molecule has 0 bridgehead atoms. The van der Waals surface area contributed by atoms with Crippen LogP contribution in [0, 0.1) is 12.3 Å². The van der Waals surface area contributed by atoms with Gasteiger partial charge in [-0.05, 0) is 38.6 Å². The summed E-state index contributed by atoms with van der Waals surface area (Å²) in [4.78, 5) is 4.55. The van der Waals surface area contributed by atoms with Gasteiger partial charge in [-0.25, -0.2) is 4.98 Å². The lowest BCUT2D eigenvalue weighted by Gasteiger charge is -2.37. The second kappa shape index (κ2) is 6.13. The van der Waals surface area contributed by atoms with Crippen molar-refractivity contribution in [1.29, 1.82) is 0 Å². The van der Waals surface area contributed by atoms with Crippen molar-refractivity contribution in [2.45, 2.75) is 52.0 Å². The van der Waals surface area contributed by atoms with Crippen molar-refractivity contribution >= 4 is 11.3 Å². The third-order valence-electron chi connectivity index (χ3n) is 4.14. The molecule has 4 heteroatoms. The standard InChI is InChI=1S/C14H25N3S/c1-11-8-18-13(17-11)12(2)16-10-14(9-15)6-4-3-5-7-14/h8,12,16H,3-7,9-10,15H2,1-2H3. The number of aryl methyl sites for hydroxylation is 1. The summed E-state index contributed by atoms with van der Waals surface area (Å²) in [5, 5.41) is 6.95. The van der Waals surface area contributed by atoms with E-state index in [9.17, 15) is 0 Å². The number of thiazole rings is 1. The summed E-state index contributed by atoms with van der Waals surface area (Å²) in [5.41, 5.74) is 7.47. The number of hydrogen-bond acceptors (Lipinski definition) is 4. The van der Waals surface area contributed by atoms with Gasteiger partial charge in [-0.2, -0.15) is 0 Å². The van der Waals surface area contributed by atoms with Gasteiger partial charge in [0.1, 0.15) is 5.01 Å². The van der Waals surface area contributed by atoms with E-state index >= 15 is 0 Å². The minimum Gasteiger partial charge on any atom is -0.330 e. The quantitative estimate of drug-likeness (QED) is 0.862. The molecule has 0 radical (unpaired) electrons. The average Bonchev–Trinajstić information content (AvgIpc) is 2.84. The maximum absolute atomic E-state index is 6.01. The Balaban J connectivity index is 1.89. The Morgan fingerprint density at radius 3 is 2.72 bits per heavy atom. The Kier molecular flexibility index (Phi) is 4.76. The highest BCUT2D eigenvalue weighted by atomic mass is 32.1. The summed E-state index contributed by atoms with van der Waals surface area (Å²) in [7, 11) is 0. The van der Waals surface area contributed by atoms with Gasteiger partial charge in [-0.15, -0.1) is 11.3 Å². The molecule has 1 aromatic rings. The lowest BCUT2D eigenvalue weighted by Crippen LogP contribution is -2.42. The van der Waals surface area contributed by atoms with Crippen LogP contribution in [0.5, 0.6) is 0 Å². The molecule has 18 heavy (non-hydrogen) atoms. The summed E-state index contributed by atoms with van der Waals surface area (Å²) in [6.45, 7) is 6.09. The number of hydrogen-bond donors (Lipinski definition) is 2. The summed E-state index contributed by atoms with van der Waals surface area (Å²) in [6.07, 6.45) is 6.61. The van der Waals surface area contributed by atoms with Crippen LogP contribution in [0.2, 0.25) is 0 Å². The zero-order valence-corrected chi connectivity index (χ0v) is 12.4. The molecule has 0 aromatic carbocycles. The van der Waals surface area contributed by atoms with Crippen LogP contribution in [0.3, 0.4) is 0 Å². The van der Waals surface area contributed by atoms with Crippen LogP contribution in [-0.4, -0.2) is 18.1 Å². The molecule has 1 aliphatic rings. The molecule has 1 aromatic heterocycles. The van der Waals surface area contributed by atoms with E-state index in [1.54, 1.807) is 11.3 Å². The molecule has 1 aliphatic carbocycles. The van der Waals surface area contributed by atoms with Crippen LogP contribution in [0.25, 0.3) is 0 Å². The predicted molar refractivity (Wildman–Crippen MR) is 77.8 cm³/mol. The van der Waals surface area contributed by atoms with Crippen LogP contribution in [-0.2, 0) is 0 Å². The molecule has 1 atom stereocenters. The smallest absolute Gasteiger partial charge is 0.110 e. The lowest BCUT2D eigenvalue weighted by molar-refractivity contribution is 0.186. The molecule has 1 heterocycles. The van der Waals surface area contributed by atoms with Crippen LogP contribution in [0.15, 0.2) is 5.38 Å². The van der Waals surface area contributed by atoms with Gasteiger partial charge in [0.15, 0.2) is 0 Å². The molecular weight excluding hydrogens is 242 g/mol. The van der Waals surface area contributed by atoms with Gasteiger partial charge in [0.2, 0.25) is 0 Å². The SMILES string of the molecule is Cc1csc(C(C)NCC2(CN)CCCCC2)n1. The Hall–Kier alpha value is -0.450. The highest BCUT2D eigenvalue weighted by Crippen LogP contribution is 2.35. The third-order valence-corrected chi connectivity index (χ3v) is 5.28. The molecule has 1 unspecified atom stereocenters. The van der Waals surface area contributed by atoms with E-state index in [2.05, 4.69) is 29.5 Å². The van der Waals surface area contributed by atoms with Crippen LogP contribution in [0.1, 0.15) is 55.8 Å². The molecule has 2 rings (SSSR count). The number of nitrogens with two attached hydrogens (primary N) is 1. The first kappa shape index (κ1) is 14.0. The molecule has 0 saturated heterocycles. The fourth-order valence-corrected chi connectivity index (χ4v) is 3.61. The third kappa shape index (κ3) is 3.31. The molecule has 3 nitrogen and oxygen atoms in total. The molecule has 3 N–H and O–H groups in total. The maximum atomic E-state index is 6.01. The topological polar surface area (TPSA) is 50.9 Å². The first-order chi connectivity index (χ1) is 8.65. The zero-order chi connectivity index (χ0) is 13.0. The van der Waals surface area contributed by atoms with Crippen molar-refractivity contribution in [1.82, 2.24) is 10.3 Å². The first-order valence-electron chi connectivity index (χ1n) is 7.01. The predicted octanol–water partition coefficient (Wildman–Crippen LogP) is 3.01. The second-order valence-corrected chi connectivity index (χ2v) is 6.58. The highest BCUT2D eigenvalue weighted by molar-refractivity contribution is 7.09. The van der Waals surface area contributed by atoms with Crippen LogP contribution < -0.4 is 11.1 Å². The average molecular weight is 267 g/mol. The largest absolute Gasteiger partial charge is 0.330 e. The van der Waals surface area contributed by atoms with E-state index in [0.29, 0.717) is 11.5 Å². The number of nitrogens with zero attached hydrogens (tertiary/aromatic N) is 1. The molecular formula is C14H25N3S. The van der Waals surface area contributed by atoms with E-state index in [1.807, 2.05) is 0 Å². The van der Waals surface area contributed by atoms with Gasteiger partial charge in [-0.1, -0.05) is 19.3 Å². The monoisotopic (exact) mass is 267 g/mol. The van der Waals surface area contributed by atoms with Gasteiger partial charge in [-0.3, -0.25) is 0 Å². The fraction of sp³-hybridized carbons (Fsp3) is 0.786. The molecule has 1 fully saturated rings. The molecule has 1 saturated carbocycles. The maximum Gasteiger partial charge on any atom is 0.110 e. The van der Waals surface area contributed by atoms with Crippen molar-refractivity contribution in [2.24, 2.45) is 11.1 Å². The Morgan fingerprint density at radius 1 is 1.44 bits per heavy atom. The summed E-state index contributed by atoms with van der Waals surface area (Å²) < 4.78 is 0. The summed E-state index contributed by atoms with van der Waals surface area (Å²) >= 11 is 1.75. The van der Waals surface area contributed by atoms with Crippen molar-refractivity contribution in [3.8, 4) is 0 Å². The van der Waals surface area contributed by atoms with E-state index in [0.717, 1.165) is 18.8 Å². The van der Waals surface area contributed by atoms with Gasteiger partial charge in [0, 0.05) is 17.6 Å². The minimum absolute atomic E-state index is 0.332. The first-order valence-corrected chi connectivity index (χ1v) is 7.89. The number of nitrogens with one attached hydrogen (secondary N) is 1. The van der Waals surface area contributed by atoms with Crippen molar-refractivity contribution in [3.63, 3.8) is 0 Å². The Morgan fingerprint density at radius 2 is 2.17 bits per heavy atom. The van der Waals surface area contributed by atoms with E-state index < -0.39 is 0 Å². The van der Waals surface area contributed by atoms with Crippen molar-refractivity contribution in [3.05, 3.63) is 16.1 Å². The summed E-state index contributed by atoms with van der Waals surface area (Å²) in [6, 6.07) is 0.342. The minimum atomic E-state index is 0.332. The molecule has 0 amide bonds. The number of aromatic nitrogens is 1. The fourth-order valence-electron chi connectivity index (χ4n) is 2.78. The van der Waals surface area contributed by atoms with E-state index in [-0.39, 0.29) is 0 Å². The molecule has 0 spiro atoms. The van der Waals surface area contributed by atoms with Crippen molar-refractivity contribution in [2.75, 3.05) is 13.1 Å². The molecule has 0 aliphatic heterocycles. The van der Waals surface area contributed by atoms with Crippen molar-refractivity contribution < 1.29 is 0 Å². The highest BCUT2D eigenvalue weighted by Gasteiger charge is 2.30.